The van der Waals surface area contributed by atoms with Crippen molar-refractivity contribution in [1.29, 1.82) is 0 Å². The number of anilines is 1. The predicted octanol–water partition coefficient (Wildman–Crippen LogP) is 2.62. The lowest BCUT2D eigenvalue weighted by atomic mass is 9.81. The summed E-state index contributed by atoms with van der Waals surface area (Å²) in [4.78, 5) is 16.8. The molecule has 1 unspecified atom stereocenters. The highest BCUT2D eigenvalue weighted by atomic mass is 32.1. The largest absolute Gasteiger partial charge is 0.392 e. The van der Waals surface area contributed by atoms with Crippen molar-refractivity contribution < 1.29 is 9.90 Å². The maximum atomic E-state index is 11.7. The first kappa shape index (κ1) is 15.9. The Bertz CT molecular complexity index is 429. The average Bonchev–Trinajstić information content (AvgIpc) is 2.71. The second-order valence-corrected chi connectivity index (χ2v) is 7.00. The first-order valence-electron chi connectivity index (χ1n) is 6.37. The fourth-order valence-corrected chi connectivity index (χ4v) is 2.53. The number of carbonyl (C=O) groups is 1. The molecule has 0 radical (unpaired) electrons. The number of hydrogen-bond acceptors (Lipinski definition) is 4. The minimum absolute atomic E-state index is 0.154. The van der Waals surface area contributed by atoms with Crippen molar-refractivity contribution in [2.75, 3.05) is 11.9 Å². The van der Waals surface area contributed by atoms with Gasteiger partial charge in [-0.25, -0.2) is 9.78 Å². The van der Waals surface area contributed by atoms with Gasteiger partial charge in [-0.3, -0.25) is 5.32 Å². The molecule has 2 amide bonds. The van der Waals surface area contributed by atoms with E-state index >= 15 is 0 Å². The van der Waals surface area contributed by atoms with E-state index in [0.717, 1.165) is 4.88 Å². The Hall–Kier alpha value is -1.14. The molecule has 1 rings (SSSR count). The monoisotopic (exact) mass is 285 g/mol. The van der Waals surface area contributed by atoms with E-state index in [1.54, 1.807) is 6.20 Å². The highest BCUT2D eigenvalue weighted by Crippen LogP contribution is 2.25. The van der Waals surface area contributed by atoms with Gasteiger partial charge in [0.25, 0.3) is 0 Å². The van der Waals surface area contributed by atoms with Crippen molar-refractivity contribution in [3.63, 3.8) is 0 Å². The topological polar surface area (TPSA) is 74.2 Å². The molecule has 19 heavy (non-hydrogen) atoms. The standard InChI is InChI=1S/C13H23N3O2S/c1-8(2)10(17)13(4,5)7-15-11(18)16-12-14-6-9(3)19-12/h6,8,10,17H,7H2,1-5H3,(H2,14,15,16,18). The molecule has 1 heterocycles. The molecule has 5 nitrogen and oxygen atoms in total. The van der Waals surface area contributed by atoms with Crippen LogP contribution in [-0.4, -0.2) is 28.8 Å². The first-order chi connectivity index (χ1) is 8.72. The predicted molar refractivity (Wildman–Crippen MR) is 78.5 cm³/mol. The third kappa shape index (κ3) is 4.80. The lowest BCUT2D eigenvalue weighted by Gasteiger charge is -2.33. The van der Waals surface area contributed by atoms with Gasteiger partial charge in [-0.05, 0) is 12.8 Å². The Kier molecular flexibility index (Phi) is 5.31. The summed E-state index contributed by atoms with van der Waals surface area (Å²) in [6.07, 6.45) is 1.25. The Balaban J connectivity index is 2.45. The molecule has 6 heteroatoms. The molecule has 1 aromatic heterocycles. The molecule has 0 saturated heterocycles. The molecule has 1 aromatic rings. The number of amides is 2. The van der Waals surface area contributed by atoms with Gasteiger partial charge in [-0.1, -0.05) is 27.7 Å². The molecule has 0 saturated carbocycles. The minimum atomic E-state index is -0.463. The zero-order valence-corrected chi connectivity index (χ0v) is 13.0. The number of aliphatic hydroxyl groups excluding tert-OH is 1. The Morgan fingerprint density at radius 2 is 2.16 bits per heavy atom. The highest BCUT2D eigenvalue weighted by molar-refractivity contribution is 7.15. The van der Waals surface area contributed by atoms with E-state index in [1.165, 1.54) is 11.3 Å². The summed E-state index contributed by atoms with van der Waals surface area (Å²) < 4.78 is 0. The van der Waals surface area contributed by atoms with Crippen LogP contribution < -0.4 is 10.6 Å². The number of aromatic nitrogens is 1. The summed E-state index contributed by atoms with van der Waals surface area (Å²) in [5.41, 5.74) is -0.371. The molecule has 0 spiro atoms. The lowest BCUT2D eigenvalue weighted by molar-refractivity contribution is 0.0154. The summed E-state index contributed by atoms with van der Waals surface area (Å²) in [6, 6.07) is -0.293. The zero-order valence-electron chi connectivity index (χ0n) is 12.2. The van der Waals surface area contributed by atoms with Crippen LogP contribution >= 0.6 is 11.3 Å². The Morgan fingerprint density at radius 1 is 1.53 bits per heavy atom. The van der Waals surface area contributed by atoms with Crippen LogP contribution in [0.4, 0.5) is 9.93 Å². The second kappa shape index (κ2) is 6.34. The van der Waals surface area contributed by atoms with Gasteiger partial charge in [0.05, 0.1) is 6.10 Å². The van der Waals surface area contributed by atoms with Gasteiger partial charge in [0, 0.05) is 23.0 Å². The molecule has 0 aliphatic rings. The smallest absolute Gasteiger partial charge is 0.321 e. The van der Waals surface area contributed by atoms with Crippen LogP contribution in [0, 0.1) is 18.3 Å². The number of rotatable bonds is 5. The van der Waals surface area contributed by atoms with Crippen molar-refractivity contribution in [2.45, 2.75) is 40.7 Å². The Labute approximate surface area is 118 Å². The van der Waals surface area contributed by atoms with Crippen LogP contribution in [0.3, 0.4) is 0 Å². The van der Waals surface area contributed by atoms with Crippen molar-refractivity contribution >= 4 is 22.5 Å². The maximum Gasteiger partial charge on any atom is 0.321 e. The number of carbonyl (C=O) groups excluding carboxylic acids is 1. The SMILES string of the molecule is Cc1cnc(NC(=O)NCC(C)(C)C(O)C(C)C)s1. The maximum absolute atomic E-state index is 11.7. The highest BCUT2D eigenvalue weighted by Gasteiger charge is 2.30. The third-order valence-electron chi connectivity index (χ3n) is 2.98. The molecular weight excluding hydrogens is 262 g/mol. The van der Waals surface area contributed by atoms with Crippen LogP contribution in [0.1, 0.15) is 32.6 Å². The quantitative estimate of drug-likeness (QED) is 0.778. The summed E-state index contributed by atoms with van der Waals surface area (Å²) in [7, 11) is 0. The van der Waals surface area contributed by atoms with Gasteiger partial charge in [-0.15, -0.1) is 11.3 Å². The fourth-order valence-electron chi connectivity index (χ4n) is 1.87. The second-order valence-electron chi connectivity index (χ2n) is 5.76. The van der Waals surface area contributed by atoms with E-state index in [-0.39, 0.29) is 17.4 Å². The number of hydrogen-bond donors (Lipinski definition) is 3. The molecule has 0 aliphatic heterocycles. The van der Waals surface area contributed by atoms with Gasteiger partial charge in [0.1, 0.15) is 0 Å². The van der Waals surface area contributed by atoms with E-state index in [1.807, 2.05) is 34.6 Å². The summed E-state index contributed by atoms with van der Waals surface area (Å²) in [6.45, 7) is 10.1. The molecule has 0 aliphatic carbocycles. The first-order valence-corrected chi connectivity index (χ1v) is 7.19. The summed E-state index contributed by atoms with van der Waals surface area (Å²) >= 11 is 1.43. The van der Waals surface area contributed by atoms with Gasteiger partial charge in [0.15, 0.2) is 5.13 Å². The van der Waals surface area contributed by atoms with E-state index in [2.05, 4.69) is 15.6 Å². The lowest BCUT2D eigenvalue weighted by Crippen LogP contribution is -2.44. The van der Waals surface area contributed by atoms with Crippen LogP contribution in [0.15, 0.2) is 6.20 Å². The van der Waals surface area contributed by atoms with E-state index < -0.39 is 6.10 Å². The average molecular weight is 285 g/mol. The zero-order chi connectivity index (χ0) is 14.6. The normalized spacial score (nSPS) is 13.4. The number of nitrogens with zero attached hydrogens (tertiary/aromatic N) is 1. The Morgan fingerprint density at radius 3 is 2.63 bits per heavy atom. The molecule has 3 N–H and O–H groups in total. The van der Waals surface area contributed by atoms with Crippen molar-refractivity contribution in [2.24, 2.45) is 11.3 Å². The van der Waals surface area contributed by atoms with E-state index in [4.69, 9.17) is 0 Å². The van der Waals surface area contributed by atoms with Gasteiger partial charge in [-0.2, -0.15) is 0 Å². The van der Waals surface area contributed by atoms with Gasteiger partial charge in [0.2, 0.25) is 0 Å². The molecule has 108 valence electrons. The summed E-state index contributed by atoms with van der Waals surface area (Å²) in [5.74, 6) is 0.154. The third-order valence-corrected chi connectivity index (χ3v) is 3.81. The van der Waals surface area contributed by atoms with Crippen LogP contribution in [0.25, 0.3) is 0 Å². The van der Waals surface area contributed by atoms with Gasteiger partial charge >= 0.3 is 6.03 Å². The van der Waals surface area contributed by atoms with Gasteiger partial charge < -0.3 is 10.4 Å². The van der Waals surface area contributed by atoms with Crippen molar-refractivity contribution in [1.82, 2.24) is 10.3 Å². The van der Waals surface area contributed by atoms with E-state index in [9.17, 15) is 9.90 Å². The van der Waals surface area contributed by atoms with Crippen LogP contribution in [0.5, 0.6) is 0 Å². The molecule has 0 aromatic carbocycles. The van der Waals surface area contributed by atoms with Crippen molar-refractivity contribution in [3.05, 3.63) is 11.1 Å². The van der Waals surface area contributed by atoms with Crippen molar-refractivity contribution in [3.8, 4) is 0 Å². The van der Waals surface area contributed by atoms with Crippen LogP contribution in [-0.2, 0) is 0 Å². The molecule has 0 fully saturated rings. The number of urea groups is 1. The molecule has 0 bridgehead atoms. The number of nitrogens with one attached hydrogen (secondary N) is 2. The fraction of sp³-hybridized carbons (Fsp3) is 0.692. The molecule has 1 atom stereocenters. The summed E-state index contributed by atoms with van der Waals surface area (Å²) in [5, 5.41) is 16.1. The number of aliphatic hydroxyl groups is 1. The minimum Gasteiger partial charge on any atom is -0.392 e. The number of aryl methyl sites for hydroxylation is 1. The van der Waals surface area contributed by atoms with Crippen LogP contribution in [0.2, 0.25) is 0 Å². The van der Waals surface area contributed by atoms with E-state index in [0.29, 0.717) is 11.7 Å². The number of thiazole rings is 1. The molecular formula is C13H23N3O2S.